The second-order valence-corrected chi connectivity index (χ2v) is 8.14. The number of carbonyl (C=O) groups is 1. The first-order valence-electron chi connectivity index (χ1n) is 10.9. The molecule has 3 heterocycles. The fourth-order valence-electron chi connectivity index (χ4n) is 4.31. The van der Waals surface area contributed by atoms with Gasteiger partial charge in [-0.25, -0.2) is 15.0 Å². The Bertz CT molecular complexity index is 1260. The molecule has 0 aliphatic carbocycles. The maximum Gasteiger partial charge on any atom is 0.253 e. The number of hydrogen-bond acceptors (Lipinski definition) is 5. The van der Waals surface area contributed by atoms with Crippen LogP contribution in [-0.2, 0) is 6.54 Å². The Morgan fingerprint density at radius 2 is 1.59 bits per heavy atom. The summed E-state index contributed by atoms with van der Waals surface area (Å²) in [6.45, 7) is 7.46. The number of para-hydroxylation sites is 2. The van der Waals surface area contributed by atoms with Gasteiger partial charge in [-0.2, -0.15) is 0 Å². The highest BCUT2D eigenvalue weighted by Crippen LogP contribution is 2.20. The zero-order chi connectivity index (χ0) is 22.1. The van der Waals surface area contributed by atoms with Gasteiger partial charge in [-0.1, -0.05) is 30.3 Å². The molecule has 0 unspecified atom stereocenters. The van der Waals surface area contributed by atoms with Crippen LogP contribution in [0.25, 0.3) is 11.0 Å². The predicted molar refractivity (Wildman–Crippen MR) is 125 cm³/mol. The standard InChI is InChI=1S/C25H26N6O/c1-18-26-21(17-31-19(2)28-22-10-6-7-11-23(22)31)16-24(27-18)29-12-14-30(15-13-29)25(32)20-8-4-3-5-9-20/h3-11,16H,12-15,17H2,1-2H3. The van der Waals surface area contributed by atoms with Gasteiger partial charge in [0.15, 0.2) is 0 Å². The minimum Gasteiger partial charge on any atom is -0.353 e. The van der Waals surface area contributed by atoms with Crippen LogP contribution in [0.3, 0.4) is 0 Å². The van der Waals surface area contributed by atoms with Gasteiger partial charge in [-0.15, -0.1) is 0 Å². The van der Waals surface area contributed by atoms with Crippen LogP contribution in [0.5, 0.6) is 0 Å². The molecule has 1 aliphatic rings. The Hall–Kier alpha value is -3.74. The molecular weight excluding hydrogens is 400 g/mol. The van der Waals surface area contributed by atoms with Crippen molar-refractivity contribution in [1.29, 1.82) is 0 Å². The first-order valence-corrected chi connectivity index (χ1v) is 10.9. The summed E-state index contributed by atoms with van der Waals surface area (Å²) in [6, 6.07) is 19.7. The van der Waals surface area contributed by atoms with Gasteiger partial charge >= 0.3 is 0 Å². The summed E-state index contributed by atoms with van der Waals surface area (Å²) < 4.78 is 2.19. The molecule has 0 radical (unpaired) electrons. The normalized spacial score (nSPS) is 14.2. The summed E-state index contributed by atoms with van der Waals surface area (Å²) in [5.74, 6) is 2.73. The quantitative estimate of drug-likeness (QED) is 0.500. The number of hydrogen-bond donors (Lipinski definition) is 0. The van der Waals surface area contributed by atoms with Gasteiger partial charge in [0.25, 0.3) is 5.91 Å². The number of imidazole rings is 1. The molecule has 1 saturated heterocycles. The lowest BCUT2D eigenvalue weighted by molar-refractivity contribution is 0.0746. The van der Waals surface area contributed by atoms with Crippen LogP contribution in [-0.4, -0.2) is 56.5 Å². The van der Waals surface area contributed by atoms with Gasteiger partial charge in [-0.05, 0) is 38.1 Å². The molecule has 4 aromatic rings. The highest BCUT2D eigenvalue weighted by atomic mass is 16.2. The lowest BCUT2D eigenvalue weighted by atomic mass is 10.2. The van der Waals surface area contributed by atoms with Crippen LogP contribution in [0.2, 0.25) is 0 Å². The van der Waals surface area contributed by atoms with Crippen molar-refractivity contribution in [3.63, 3.8) is 0 Å². The summed E-state index contributed by atoms with van der Waals surface area (Å²) in [5, 5.41) is 0. The third kappa shape index (κ3) is 3.93. The second-order valence-electron chi connectivity index (χ2n) is 8.14. The molecule has 2 aromatic heterocycles. The lowest BCUT2D eigenvalue weighted by Crippen LogP contribution is -2.49. The van der Waals surface area contributed by atoms with E-state index in [2.05, 4.69) is 36.6 Å². The molecule has 7 heteroatoms. The molecule has 5 rings (SSSR count). The number of nitrogens with zero attached hydrogens (tertiary/aromatic N) is 6. The topological polar surface area (TPSA) is 67.2 Å². The van der Waals surface area contributed by atoms with E-state index in [0.717, 1.165) is 52.8 Å². The third-order valence-electron chi connectivity index (χ3n) is 5.95. The van der Waals surface area contributed by atoms with Gasteiger partial charge in [0, 0.05) is 37.8 Å². The van der Waals surface area contributed by atoms with E-state index in [1.165, 1.54) is 0 Å². The molecule has 1 amide bonds. The van der Waals surface area contributed by atoms with E-state index in [-0.39, 0.29) is 5.91 Å². The molecule has 0 spiro atoms. The summed E-state index contributed by atoms with van der Waals surface area (Å²) in [6.07, 6.45) is 0. The molecule has 0 bridgehead atoms. The van der Waals surface area contributed by atoms with Crippen LogP contribution < -0.4 is 4.90 Å². The van der Waals surface area contributed by atoms with E-state index in [4.69, 9.17) is 0 Å². The number of amides is 1. The molecule has 0 atom stereocenters. The van der Waals surface area contributed by atoms with Crippen molar-refractivity contribution in [1.82, 2.24) is 24.4 Å². The number of aromatic nitrogens is 4. The minimum absolute atomic E-state index is 0.0901. The highest BCUT2D eigenvalue weighted by molar-refractivity contribution is 5.94. The van der Waals surface area contributed by atoms with Crippen molar-refractivity contribution in [3.8, 4) is 0 Å². The number of rotatable bonds is 4. The maximum atomic E-state index is 12.7. The molecule has 2 aromatic carbocycles. The van der Waals surface area contributed by atoms with Crippen molar-refractivity contribution in [3.05, 3.63) is 83.6 Å². The fourth-order valence-corrected chi connectivity index (χ4v) is 4.31. The van der Waals surface area contributed by atoms with Crippen molar-refractivity contribution in [2.24, 2.45) is 0 Å². The second kappa shape index (κ2) is 8.42. The van der Waals surface area contributed by atoms with E-state index in [1.807, 2.05) is 67.3 Å². The molecule has 162 valence electrons. The zero-order valence-electron chi connectivity index (χ0n) is 18.4. The molecule has 32 heavy (non-hydrogen) atoms. The fraction of sp³-hybridized carbons (Fsp3) is 0.280. The summed E-state index contributed by atoms with van der Waals surface area (Å²) in [5.41, 5.74) is 3.80. The molecule has 1 aliphatic heterocycles. The van der Waals surface area contributed by atoms with Gasteiger partial charge in [0.05, 0.1) is 23.3 Å². The van der Waals surface area contributed by atoms with Crippen LogP contribution in [0.4, 0.5) is 5.82 Å². The number of anilines is 1. The number of carbonyl (C=O) groups excluding carboxylic acids is 1. The van der Waals surface area contributed by atoms with Crippen molar-refractivity contribution in [2.45, 2.75) is 20.4 Å². The van der Waals surface area contributed by atoms with Gasteiger partial charge in [-0.3, -0.25) is 4.79 Å². The van der Waals surface area contributed by atoms with Crippen LogP contribution in [0.1, 0.15) is 27.7 Å². The molecule has 0 saturated carbocycles. The first kappa shape index (κ1) is 20.2. The Labute approximate surface area is 187 Å². The number of benzene rings is 2. The first-order chi connectivity index (χ1) is 15.6. The SMILES string of the molecule is Cc1nc(Cn2c(C)nc3ccccc32)cc(N2CCN(C(=O)c3ccccc3)CC2)n1. The van der Waals surface area contributed by atoms with Crippen molar-refractivity contribution < 1.29 is 4.79 Å². The van der Waals surface area contributed by atoms with E-state index in [1.54, 1.807) is 0 Å². The van der Waals surface area contributed by atoms with Gasteiger partial charge in [0.1, 0.15) is 17.5 Å². The molecule has 0 N–H and O–H groups in total. The maximum absolute atomic E-state index is 12.7. The molecule has 7 nitrogen and oxygen atoms in total. The summed E-state index contributed by atoms with van der Waals surface area (Å²) >= 11 is 0. The zero-order valence-corrected chi connectivity index (χ0v) is 18.4. The lowest BCUT2D eigenvalue weighted by Gasteiger charge is -2.35. The van der Waals surface area contributed by atoms with E-state index in [9.17, 15) is 4.79 Å². The van der Waals surface area contributed by atoms with Crippen LogP contribution in [0.15, 0.2) is 60.7 Å². The Kier molecular flexibility index (Phi) is 5.31. The van der Waals surface area contributed by atoms with E-state index >= 15 is 0 Å². The van der Waals surface area contributed by atoms with Crippen molar-refractivity contribution >= 4 is 22.8 Å². The monoisotopic (exact) mass is 426 g/mol. The third-order valence-corrected chi connectivity index (χ3v) is 5.95. The highest BCUT2D eigenvalue weighted by Gasteiger charge is 2.23. The average Bonchev–Trinajstić information content (AvgIpc) is 3.14. The summed E-state index contributed by atoms with van der Waals surface area (Å²) in [4.78, 5) is 30.9. The van der Waals surface area contributed by atoms with Crippen LogP contribution >= 0.6 is 0 Å². The largest absolute Gasteiger partial charge is 0.353 e. The molecule has 1 fully saturated rings. The number of aryl methyl sites for hydroxylation is 2. The number of fused-ring (bicyclic) bond motifs is 1. The molecular formula is C25H26N6O. The Morgan fingerprint density at radius 1 is 0.875 bits per heavy atom. The summed E-state index contributed by atoms with van der Waals surface area (Å²) in [7, 11) is 0. The van der Waals surface area contributed by atoms with Gasteiger partial charge < -0.3 is 14.4 Å². The Balaban J connectivity index is 1.32. The van der Waals surface area contributed by atoms with E-state index < -0.39 is 0 Å². The minimum atomic E-state index is 0.0901. The van der Waals surface area contributed by atoms with E-state index in [0.29, 0.717) is 19.6 Å². The Morgan fingerprint density at radius 3 is 2.38 bits per heavy atom. The smallest absolute Gasteiger partial charge is 0.253 e. The van der Waals surface area contributed by atoms with Crippen molar-refractivity contribution in [2.75, 3.05) is 31.1 Å². The van der Waals surface area contributed by atoms with Gasteiger partial charge in [0.2, 0.25) is 0 Å². The predicted octanol–water partition coefficient (Wildman–Crippen LogP) is 3.45. The number of piperazine rings is 1. The average molecular weight is 427 g/mol. The van der Waals surface area contributed by atoms with Crippen LogP contribution in [0, 0.1) is 13.8 Å².